The van der Waals surface area contributed by atoms with Gasteiger partial charge >= 0.3 is 11.4 Å². The molecule has 0 aliphatic heterocycles. The number of nitrogens with zero attached hydrogens (tertiary/aromatic N) is 1. The Labute approximate surface area is 59.1 Å². The van der Waals surface area contributed by atoms with Crippen LogP contribution in [0.1, 0.15) is 6.42 Å². The van der Waals surface area contributed by atoms with Gasteiger partial charge in [-0.3, -0.25) is 0 Å². The van der Waals surface area contributed by atoms with Gasteiger partial charge in [-0.15, -0.1) is 0 Å². The van der Waals surface area contributed by atoms with Crippen molar-refractivity contribution in [1.82, 2.24) is 5.48 Å². The summed E-state index contributed by atoms with van der Waals surface area (Å²) >= 11 is 3.25. The van der Waals surface area contributed by atoms with Crippen LogP contribution in [0.3, 0.4) is 0 Å². The number of hydrogen-bond acceptors (Lipinski definition) is 4. The lowest BCUT2D eigenvalue weighted by Gasteiger charge is -1.85. The maximum Gasteiger partial charge on any atom is 0.474 e. The van der Waals surface area contributed by atoms with Crippen molar-refractivity contribution in [2.24, 2.45) is 0 Å². The van der Waals surface area contributed by atoms with Gasteiger partial charge in [0.25, 0.3) is 0 Å². The average Bonchev–Trinajstić information content (AvgIpc) is 1.85. The monoisotopic (exact) mass is 150 g/mol. The van der Waals surface area contributed by atoms with E-state index in [2.05, 4.69) is 27.4 Å². The number of rotatable bonds is 4. The van der Waals surface area contributed by atoms with Gasteiger partial charge in [-0.25, -0.2) is 4.79 Å². The molecule has 0 rings (SSSR count). The molecular formula is C4H8NO3S+. The molecule has 0 atom stereocenters. The van der Waals surface area contributed by atoms with Gasteiger partial charge in [0.05, 0.1) is 19.5 Å². The Kier molecular flexibility index (Phi) is 5.96. The quantitative estimate of drug-likeness (QED) is 0.347. The van der Waals surface area contributed by atoms with Gasteiger partial charge in [0.2, 0.25) is 0 Å². The summed E-state index contributed by atoms with van der Waals surface area (Å²) in [6, 6.07) is 0. The van der Waals surface area contributed by atoms with E-state index in [0.29, 0.717) is 6.61 Å². The van der Waals surface area contributed by atoms with E-state index in [1.54, 1.807) is 0 Å². The smallest absolute Gasteiger partial charge is 0.384 e. The van der Waals surface area contributed by atoms with Crippen molar-refractivity contribution in [3.63, 3.8) is 0 Å². The van der Waals surface area contributed by atoms with E-state index in [-0.39, 0.29) is 12.3 Å². The first-order chi connectivity index (χ1) is 4.31. The van der Waals surface area contributed by atoms with Gasteiger partial charge in [-0.1, -0.05) is 0 Å². The van der Waals surface area contributed by atoms with Gasteiger partial charge in [0.15, 0.2) is 0 Å². The van der Waals surface area contributed by atoms with Gasteiger partial charge in [-0.05, 0) is 4.28 Å². The average molecular weight is 150 g/mol. The standard InChI is InChI=1S/C4H8NO3S/c1-7-3-2-4(6)5-8-9/h9H,2-3H2,1H3/q+1. The number of carbonyl (C=O) groups excluding carboxylic acids is 1. The summed E-state index contributed by atoms with van der Waals surface area (Å²) in [6.45, 7) is 0.361. The number of ether oxygens (including phenoxy) is 1. The van der Waals surface area contributed by atoms with Crippen LogP contribution in [0.5, 0.6) is 0 Å². The SMILES string of the molecule is COCCC(=O)[N+]OS. The van der Waals surface area contributed by atoms with E-state index >= 15 is 0 Å². The summed E-state index contributed by atoms with van der Waals surface area (Å²) in [5, 5.41) is 0. The third kappa shape index (κ3) is 5.78. The Hall–Kier alpha value is -0.100. The Bertz CT molecular complexity index is 87.9. The number of hydroxylamine groups is 1. The lowest BCUT2D eigenvalue weighted by molar-refractivity contribution is -0.128. The molecule has 0 bridgehead atoms. The molecule has 52 valence electrons. The van der Waals surface area contributed by atoms with Crippen LogP contribution in [0.4, 0.5) is 0 Å². The minimum absolute atomic E-state index is 0.233. The van der Waals surface area contributed by atoms with E-state index in [0.717, 1.165) is 0 Å². The van der Waals surface area contributed by atoms with E-state index in [9.17, 15) is 4.79 Å². The third-order valence-corrected chi connectivity index (χ3v) is 0.744. The predicted molar refractivity (Wildman–Crippen MR) is 33.7 cm³/mol. The van der Waals surface area contributed by atoms with E-state index in [1.807, 2.05) is 0 Å². The second kappa shape index (κ2) is 6.03. The van der Waals surface area contributed by atoms with E-state index in [4.69, 9.17) is 0 Å². The van der Waals surface area contributed by atoms with Crippen molar-refractivity contribution >= 4 is 18.8 Å². The fourth-order valence-electron chi connectivity index (χ4n) is 0.281. The molecule has 4 nitrogen and oxygen atoms in total. The lowest BCUT2D eigenvalue weighted by Crippen LogP contribution is -2.13. The van der Waals surface area contributed by atoms with Gasteiger partial charge in [0, 0.05) is 7.11 Å². The molecule has 0 aromatic heterocycles. The van der Waals surface area contributed by atoms with E-state index in [1.165, 1.54) is 7.11 Å². The molecule has 0 aliphatic rings. The minimum Gasteiger partial charge on any atom is -0.384 e. The Morgan fingerprint density at radius 2 is 2.44 bits per heavy atom. The molecule has 5 heteroatoms. The maximum absolute atomic E-state index is 10.4. The maximum atomic E-state index is 10.4. The van der Waals surface area contributed by atoms with Crippen LogP contribution in [-0.4, -0.2) is 19.6 Å². The van der Waals surface area contributed by atoms with Crippen LogP contribution in [0.15, 0.2) is 0 Å². The van der Waals surface area contributed by atoms with Crippen molar-refractivity contribution in [3.05, 3.63) is 0 Å². The number of hydrogen-bond donors (Lipinski definition) is 1. The molecule has 0 spiro atoms. The number of carbonyl (C=O) groups is 1. The Morgan fingerprint density at radius 1 is 1.78 bits per heavy atom. The third-order valence-electron chi connectivity index (χ3n) is 0.663. The number of thiol groups is 1. The van der Waals surface area contributed by atoms with Crippen molar-refractivity contribution < 1.29 is 13.8 Å². The Balaban J connectivity index is 3.06. The molecule has 0 heterocycles. The largest absolute Gasteiger partial charge is 0.474 e. The molecule has 9 heavy (non-hydrogen) atoms. The van der Waals surface area contributed by atoms with Crippen LogP contribution in [0.2, 0.25) is 0 Å². The molecule has 2 radical (unpaired) electrons. The second-order valence-corrected chi connectivity index (χ2v) is 1.47. The molecule has 1 amide bonds. The fraction of sp³-hybridized carbons (Fsp3) is 0.750. The predicted octanol–water partition coefficient (Wildman–Crippen LogP) is -0.0697. The first-order valence-corrected chi connectivity index (χ1v) is 2.71. The first-order valence-electron chi connectivity index (χ1n) is 2.34. The van der Waals surface area contributed by atoms with E-state index < -0.39 is 0 Å². The van der Waals surface area contributed by atoms with Crippen LogP contribution < -0.4 is 5.48 Å². The molecule has 0 aromatic rings. The lowest BCUT2D eigenvalue weighted by atomic mass is 10.4. The van der Waals surface area contributed by atoms with Crippen LogP contribution in [-0.2, 0) is 13.8 Å². The molecule has 0 saturated heterocycles. The van der Waals surface area contributed by atoms with Crippen molar-refractivity contribution in [2.75, 3.05) is 13.7 Å². The summed E-state index contributed by atoms with van der Waals surface area (Å²) in [6.07, 6.45) is 0.233. The molecule has 0 aromatic carbocycles. The summed E-state index contributed by atoms with van der Waals surface area (Å²) in [7, 11) is 1.51. The second-order valence-electron chi connectivity index (χ2n) is 1.31. The topological polar surface area (TPSA) is 49.6 Å². The highest BCUT2D eigenvalue weighted by atomic mass is 32.1. The first kappa shape index (κ1) is 8.90. The molecule has 0 aliphatic carbocycles. The zero-order valence-corrected chi connectivity index (χ0v) is 5.93. The minimum atomic E-state index is -0.369. The zero-order chi connectivity index (χ0) is 7.11. The summed E-state index contributed by atoms with van der Waals surface area (Å²) in [4.78, 5) is 10.4. The Morgan fingerprint density at radius 3 is 2.89 bits per heavy atom. The van der Waals surface area contributed by atoms with Crippen molar-refractivity contribution in [1.29, 1.82) is 0 Å². The zero-order valence-electron chi connectivity index (χ0n) is 5.03. The summed E-state index contributed by atoms with van der Waals surface area (Å²) in [5.41, 5.74) is 3.01. The van der Waals surface area contributed by atoms with Gasteiger partial charge < -0.3 is 4.74 Å². The fourth-order valence-corrected chi connectivity index (χ4v) is 0.372. The molecular weight excluding hydrogens is 142 g/mol. The van der Waals surface area contributed by atoms with Crippen molar-refractivity contribution in [3.8, 4) is 0 Å². The molecule has 0 fully saturated rings. The van der Waals surface area contributed by atoms with Crippen LogP contribution in [0, 0.1) is 0 Å². The normalized spacial score (nSPS) is 9.56. The molecule has 0 unspecified atom stereocenters. The number of methoxy groups -OCH3 is 1. The molecule has 0 N–H and O–H groups in total. The summed E-state index contributed by atoms with van der Waals surface area (Å²) in [5.74, 6) is -0.369. The highest BCUT2D eigenvalue weighted by Gasteiger charge is 2.18. The van der Waals surface area contributed by atoms with Crippen LogP contribution >= 0.6 is 12.9 Å². The van der Waals surface area contributed by atoms with Crippen molar-refractivity contribution in [2.45, 2.75) is 6.42 Å². The molecule has 0 saturated carbocycles. The highest BCUT2D eigenvalue weighted by molar-refractivity contribution is 7.75. The summed E-state index contributed by atoms with van der Waals surface area (Å²) < 4.78 is 8.51. The highest BCUT2D eigenvalue weighted by Crippen LogP contribution is 1.83. The number of amides is 1. The van der Waals surface area contributed by atoms with Gasteiger partial charge in [0.1, 0.15) is 6.42 Å². The van der Waals surface area contributed by atoms with Gasteiger partial charge in [-0.2, -0.15) is 0 Å². The van der Waals surface area contributed by atoms with Crippen LogP contribution in [0.25, 0.3) is 0 Å².